The Morgan fingerprint density at radius 2 is 2.14 bits per heavy atom. The zero-order valence-electron chi connectivity index (χ0n) is 12.4. The van der Waals surface area contributed by atoms with Crippen molar-refractivity contribution in [1.29, 1.82) is 0 Å². The van der Waals surface area contributed by atoms with E-state index in [1.54, 1.807) is 18.3 Å². The van der Waals surface area contributed by atoms with Gasteiger partial charge < -0.3 is 5.32 Å². The minimum atomic E-state index is -0.257. The molecule has 112 valence electrons. The molecule has 2 rings (SSSR count). The predicted octanol–water partition coefficient (Wildman–Crippen LogP) is 4.47. The van der Waals surface area contributed by atoms with E-state index in [-0.39, 0.29) is 11.9 Å². The summed E-state index contributed by atoms with van der Waals surface area (Å²) in [5.74, 6) is -0.257. The highest BCUT2D eigenvalue weighted by atomic mass is 35.5. The van der Waals surface area contributed by atoms with Crippen LogP contribution >= 0.6 is 11.6 Å². The maximum absolute atomic E-state index is 14.0. The second-order valence-corrected chi connectivity index (χ2v) is 5.55. The highest BCUT2D eigenvalue weighted by Crippen LogP contribution is 2.27. The van der Waals surface area contributed by atoms with Gasteiger partial charge >= 0.3 is 0 Å². The zero-order valence-corrected chi connectivity index (χ0v) is 13.1. The lowest BCUT2D eigenvalue weighted by molar-refractivity contribution is 0.510. The minimum Gasteiger partial charge on any atom is -0.310 e. The molecule has 0 amide bonds. The van der Waals surface area contributed by atoms with Gasteiger partial charge in [0.2, 0.25) is 0 Å². The van der Waals surface area contributed by atoms with Crippen molar-refractivity contribution in [2.45, 2.75) is 32.7 Å². The first kappa shape index (κ1) is 15.9. The van der Waals surface area contributed by atoms with E-state index in [4.69, 9.17) is 11.6 Å². The molecular formula is C17H20ClFN2. The molecule has 1 atom stereocenters. The maximum Gasteiger partial charge on any atom is 0.127 e. The lowest BCUT2D eigenvalue weighted by Gasteiger charge is -2.21. The number of halogens is 2. The van der Waals surface area contributed by atoms with Crippen molar-refractivity contribution in [1.82, 2.24) is 10.3 Å². The van der Waals surface area contributed by atoms with Crippen molar-refractivity contribution in [2.75, 3.05) is 6.54 Å². The van der Waals surface area contributed by atoms with E-state index in [0.29, 0.717) is 17.0 Å². The first-order valence-electron chi connectivity index (χ1n) is 7.20. The first-order chi connectivity index (χ1) is 10.1. The predicted molar refractivity (Wildman–Crippen MR) is 85.1 cm³/mol. The Labute approximate surface area is 130 Å². The molecule has 0 aliphatic carbocycles. The molecule has 0 radical (unpaired) electrons. The molecule has 0 fully saturated rings. The summed E-state index contributed by atoms with van der Waals surface area (Å²) >= 11 is 6.15. The van der Waals surface area contributed by atoms with Gasteiger partial charge in [-0.05, 0) is 55.6 Å². The maximum atomic E-state index is 14.0. The number of nitrogens with one attached hydrogen (secondary N) is 1. The summed E-state index contributed by atoms with van der Waals surface area (Å²) in [6.07, 6.45) is 5.14. The molecule has 0 spiro atoms. The number of rotatable bonds is 6. The fraction of sp³-hybridized carbons (Fsp3) is 0.353. The lowest BCUT2D eigenvalue weighted by atomic mass is 9.96. The third kappa shape index (κ3) is 4.02. The van der Waals surface area contributed by atoms with Crippen molar-refractivity contribution in [3.8, 4) is 0 Å². The third-order valence-corrected chi connectivity index (χ3v) is 3.92. The molecule has 0 aliphatic heterocycles. The van der Waals surface area contributed by atoms with Crippen molar-refractivity contribution < 1.29 is 4.39 Å². The molecule has 1 N–H and O–H groups in total. The zero-order chi connectivity index (χ0) is 15.2. The van der Waals surface area contributed by atoms with Crippen LogP contribution in [0, 0.1) is 12.7 Å². The Morgan fingerprint density at radius 3 is 2.81 bits per heavy atom. The van der Waals surface area contributed by atoms with E-state index in [1.807, 2.05) is 19.2 Å². The van der Waals surface area contributed by atoms with Crippen LogP contribution in [-0.2, 0) is 6.42 Å². The van der Waals surface area contributed by atoms with Gasteiger partial charge in [-0.1, -0.05) is 24.6 Å². The molecule has 2 nitrogen and oxygen atoms in total. The molecule has 2 aromatic rings. The van der Waals surface area contributed by atoms with Crippen LogP contribution in [0.4, 0.5) is 4.39 Å². The van der Waals surface area contributed by atoms with Gasteiger partial charge in [0.15, 0.2) is 0 Å². The third-order valence-electron chi connectivity index (χ3n) is 3.57. The molecule has 1 unspecified atom stereocenters. The number of nitrogens with zero attached hydrogens (tertiary/aromatic N) is 1. The van der Waals surface area contributed by atoms with Gasteiger partial charge in [-0.25, -0.2) is 4.39 Å². The summed E-state index contributed by atoms with van der Waals surface area (Å²) in [6.45, 7) is 5.02. The topological polar surface area (TPSA) is 24.9 Å². The van der Waals surface area contributed by atoms with E-state index >= 15 is 0 Å². The molecular weight excluding hydrogens is 287 g/mol. The Balaban J connectivity index is 2.31. The summed E-state index contributed by atoms with van der Waals surface area (Å²) in [6, 6.07) is 6.79. The van der Waals surface area contributed by atoms with Crippen LogP contribution in [0.1, 0.15) is 36.1 Å². The van der Waals surface area contributed by atoms with Crippen LogP contribution in [0.5, 0.6) is 0 Å². The van der Waals surface area contributed by atoms with Crippen LogP contribution in [-0.4, -0.2) is 11.5 Å². The van der Waals surface area contributed by atoms with Gasteiger partial charge in [0.25, 0.3) is 0 Å². The van der Waals surface area contributed by atoms with E-state index in [1.165, 1.54) is 6.07 Å². The average Bonchev–Trinajstić information content (AvgIpc) is 2.47. The minimum absolute atomic E-state index is 0.00745. The summed E-state index contributed by atoms with van der Waals surface area (Å²) in [7, 11) is 0. The number of hydrogen-bond donors (Lipinski definition) is 1. The van der Waals surface area contributed by atoms with Crippen LogP contribution < -0.4 is 5.32 Å². The highest BCUT2D eigenvalue weighted by molar-refractivity contribution is 6.31. The molecule has 0 aliphatic rings. The van der Waals surface area contributed by atoms with Gasteiger partial charge in [0.1, 0.15) is 5.82 Å². The highest BCUT2D eigenvalue weighted by Gasteiger charge is 2.18. The number of aryl methyl sites for hydroxylation is 1. The fourth-order valence-electron chi connectivity index (χ4n) is 2.38. The van der Waals surface area contributed by atoms with E-state index in [0.717, 1.165) is 24.1 Å². The largest absolute Gasteiger partial charge is 0.310 e. The van der Waals surface area contributed by atoms with Crippen molar-refractivity contribution in [3.63, 3.8) is 0 Å². The summed E-state index contributed by atoms with van der Waals surface area (Å²) in [4.78, 5) is 4.19. The van der Waals surface area contributed by atoms with Crippen molar-refractivity contribution in [2.24, 2.45) is 0 Å². The first-order valence-corrected chi connectivity index (χ1v) is 7.58. The van der Waals surface area contributed by atoms with Gasteiger partial charge in [-0.2, -0.15) is 0 Å². The summed E-state index contributed by atoms with van der Waals surface area (Å²) < 4.78 is 14.0. The number of benzene rings is 1. The molecule has 21 heavy (non-hydrogen) atoms. The number of pyridine rings is 1. The van der Waals surface area contributed by atoms with Gasteiger partial charge in [0, 0.05) is 29.0 Å². The van der Waals surface area contributed by atoms with E-state index < -0.39 is 0 Å². The van der Waals surface area contributed by atoms with Crippen molar-refractivity contribution in [3.05, 3.63) is 64.2 Å². The van der Waals surface area contributed by atoms with E-state index in [2.05, 4.69) is 17.2 Å². The van der Waals surface area contributed by atoms with Gasteiger partial charge in [-0.15, -0.1) is 0 Å². The van der Waals surface area contributed by atoms with Crippen LogP contribution in [0.2, 0.25) is 5.02 Å². The van der Waals surface area contributed by atoms with Crippen LogP contribution in [0.3, 0.4) is 0 Å². The summed E-state index contributed by atoms with van der Waals surface area (Å²) in [5.41, 5.74) is 2.78. The smallest absolute Gasteiger partial charge is 0.127 e. The van der Waals surface area contributed by atoms with E-state index in [9.17, 15) is 4.39 Å². The fourth-order valence-corrected chi connectivity index (χ4v) is 2.62. The Morgan fingerprint density at radius 1 is 1.33 bits per heavy atom. The average molecular weight is 307 g/mol. The van der Waals surface area contributed by atoms with Crippen molar-refractivity contribution >= 4 is 11.6 Å². The Hall–Kier alpha value is -1.45. The molecule has 1 aromatic carbocycles. The monoisotopic (exact) mass is 306 g/mol. The standard InChI is InChI=1S/C17H20ClFN2/c1-3-8-21-17(14-11-20-9-7-12(14)2)10-13-15(18)5-4-6-16(13)19/h4-7,9,11,17,21H,3,8,10H2,1-2H3. The number of hydrogen-bond acceptors (Lipinski definition) is 2. The molecule has 4 heteroatoms. The molecule has 0 saturated carbocycles. The van der Waals surface area contributed by atoms with Gasteiger partial charge in [0.05, 0.1) is 0 Å². The molecule has 0 bridgehead atoms. The summed E-state index contributed by atoms with van der Waals surface area (Å²) in [5, 5.41) is 3.94. The Kier molecular flexibility index (Phi) is 5.71. The molecule has 1 heterocycles. The van der Waals surface area contributed by atoms with Crippen LogP contribution in [0.25, 0.3) is 0 Å². The van der Waals surface area contributed by atoms with Crippen LogP contribution in [0.15, 0.2) is 36.7 Å². The Bertz CT molecular complexity index is 581. The normalized spacial score (nSPS) is 12.4. The lowest BCUT2D eigenvalue weighted by Crippen LogP contribution is -2.25. The molecule has 1 aromatic heterocycles. The molecule has 0 saturated heterocycles. The SMILES string of the molecule is CCCNC(Cc1c(F)cccc1Cl)c1cnccc1C. The quantitative estimate of drug-likeness (QED) is 0.852. The van der Waals surface area contributed by atoms with Gasteiger partial charge in [-0.3, -0.25) is 4.98 Å². The number of aromatic nitrogens is 1. The second-order valence-electron chi connectivity index (χ2n) is 5.14. The second kappa shape index (κ2) is 7.53.